The number of thiazole rings is 1. The first kappa shape index (κ1) is 23.4. The average Bonchev–Trinajstić information content (AvgIpc) is 3.49. The summed E-state index contributed by atoms with van der Waals surface area (Å²) in [5.74, 6) is -0.643. The molecular formula is C23H24N2O6S3. The highest BCUT2D eigenvalue weighted by Crippen LogP contribution is 2.42. The number of sulfone groups is 2. The molecule has 34 heavy (non-hydrogen) atoms. The molecule has 5 rings (SSSR count). The molecule has 1 aromatic heterocycles. The van der Waals surface area contributed by atoms with Gasteiger partial charge in [-0.15, -0.1) is 0 Å². The van der Waals surface area contributed by atoms with E-state index in [1.165, 1.54) is 24.3 Å². The number of aromatic nitrogens is 1. The molecule has 0 bridgehead atoms. The molecule has 2 saturated heterocycles. The normalized spacial score (nSPS) is 18.4. The minimum Gasteiger partial charge on any atom is -0.361 e. The third-order valence-electron chi connectivity index (χ3n) is 6.06. The SMILES string of the molecule is Cc1ccc(S(=O)(=O)c2nc(S(=O)(=O)c3ccccc3)sc2N2CCC3(CC2)OCCO3)cc1. The summed E-state index contributed by atoms with van der Waals surface area (Å²) in [7, 11) is -8.04. The van der Waals surface area contributed by atoms with Gasteiger partial charge in [-0.05, 0) is 31.2 Å². The number of hydrogen-bond donors (Lipinski definition) is 0. The molecule has 2 aromatic carbocycles. The molecule has 0 amide bonds. The van der Waals surface area contributed by atoms with Gasteiger partial charge in [-0.25, -0.2) is 21.8 Å². The second kappa shape index (κ2) is 8.72. The molecular weight excluding hydrogens is 496 g/mol. The van der Waals surface area contributed by atoms with Gasteiger partial charge < -0.3 is 14.4 Å². The third-order valence-corrected chi connectivity index (χ3v) is 11.1. The number of anilines is 1. The molecule has 2 aliphatic heterocycles. The van der Waals surface area contributed by atoms with Crippen LogP contribution in [0.25, 0.3) is 0 Å². The number of hydrogen-bond acceptors (Lipinski definition) is 9. The van der Waals surface area contributed by atoms with Gasteiger partial charge in [0.1, 0.15) is 5.00 Å². The van der Waals surface area contributed by atoms with Gasteiger partial charge in [-0.1, -0.05) is 47.2 Å². The molecule has 0 unspecified atom stereocenters. The van der Waals surface area contributed by atoms with Crippen molar-refractivity contribution in [1.29, 1.82) is 0 Å². The second-order valence-corrected chi connectivity index (χ2v) is 13.3. The van der Waals surface area contributed by atoms with Crippen LogP contribution in [-0.2, 0) is 29.1 Å². The van der Waals surface area contributed by atoms with E-state index in [4.69, 9.17) is 9.47 Å². The van der Waals surface area contributed by atoms with Crippen LogP contribution in [0.1, 0.15) is 18.4 Å². The lowest BCUT2D eigenvalue weighted by Crippen LogP contribution is -2.45. The predicted octanol–water partition coefficient (Wildman–Crippen LogP) is 3.46. The second-order valence-electron chi connectivity index (χ2n) is 8.32. The van der Waals surface area contributed by atoms with Crippen LogP contribution >= 0.6 is 11.3 Å². The molecule has 2 aliphatic rings. The number of nitrogens with zero attached hydrogens (tertiary/aromatic N) is 2. The Morgan fingerprint density at radius 3 is 2.06 bits per heavy atom. The van der Waals surface area contributed by atoms with Gasteiger partial charge >= 0.3 is 0 Å². The fraction of sp³-hybridized carbons (Fsp3) is 0.348. The molecule has 0 radical (unpaired) electrons. The van der Waals surface area contributed by atoms with Gasteiger partial charge in [-0.3, -0.25) is 0 Å². The van der Waals surface area contributed by atoms with E-state index in [9.17, 15) is 16.8 Å². The Morgan fingerprint density at radius 1 is 0.853 bits per heavy atom. The minimum absolute atomic E-state index is 0.0694. The van der Waals surface area contributed by atoms with Crippen LogP contribution in [0.5, 0.6) is 0 Å². The standard InChI is InChI=1S/C23H24N2O6S3/c1-17-7-9-19(10-8-17)33(26,27)20-21(25-13-11-23(12-14-25)30-15-16-31-23)32-22(24-20)34(28,29)18-5-3-2-4-6-18/h2-10H,11-16H2,1H3. The monoisotopic (exact) mass is 520 g/mol. The number of piperidine rings is 1. The van der Waals surface area contributed by atoms with Crippen molar-refractivity contribution in [3.8, 4) is 0 Å². The maximum atomic E-state index is 13.6. The van der Waals surface area contributed by atoms with Crippen molar-refractivity contribution in [3.05, 3.63) is 60.2 Å². The van der Waals surface area contributed by atoms with Gasteiger partial charge in [0, 0.05) is 25.9 Å². The summed E-state index contributed by atoms with van der Waals surface area (Å²) >= 11 is 0.890. The fourth-order valence-electron chi connectivity index (χ4n) is 4.14. The number of ether oxygens (including phenoxy) is 2. The molecule has 0 atom stereocenters. The molecule has 8 nitrogen and oxygen atoms in total. The summed E-state index contributed by atoms with van der Waals surface area (Å²) in [6.07, 6.45) is 1.10. The molecule has 1 spiro atoms. The summed E-state index contributed by atoms with van der Waals surface area (Å²) < 4.78 is 65.1. The van der Waals surface area contributed by atoms with Crippen molar-refractivity contribution in [2.45, 2.75) is 44.7 Å². The Bertz CT molecular complexity index is 1380. The Balaban J connectivity index is 1.59. The maximum Gasteiger partial charge on any atom is 0.233 e. The van der Waals surface area contributed by atoms with E-state index < -0.39 is 25.5 Å². The largest absolute Gasteiger partial charge is 0.361 e. The van der Waals surface area contributed by atoms with Crippen molar-refractivity contribution in [1.82, 2.24) is 4.98 Å². The third kappa shape index (κ3) is 4.16. The highest BCUT2D eigenvalue weighted by atomic mass is 32.2. The van der Waals surface area contributed by atoms with Crippen LogP contribution in [0.2, 0.25) is 0 Å². The summed E-state index contributed by atoms with van der Waals surface area (Å²) in [5, 5.41) is 0.0861. The lowest BCUT2D eigenvalue weighted by atomic mass is 10.0. The lowest BCUT2D eigenvalue weighted by Gasteiger charge is -2.38. The minimum atomic E-state index is -4.05. The Labute approximate surface area is 203 Å². The zero-order valence-corrected chi connectivity index (χ0v) is 21.0. The molecule has 2 fully saturated rings. The molecule has 0 saturated carbocycles. The Morgan fingerprint density at radius 2 is 1.44 bits per heavy atom. The van der Waals surface area contributed by atoms with Gasteiger partial charge in [0.25, 0.3) is 0 Å². The van der Waals surface area contributed by atoms with E-state index in [1.54, 1.807) is 30.3 Å². The van der Waals surface area contributed by atoms with Crippen molar-refractivity contribution in [2.24, 2.45) is 0 Å². The quantitative estimate of drug-likeness (QED) is 0.504. The Hall–Kier alpha value is -2.31. The summed E-state index contributed by atoms with van der Waals surface area (Å²) in [4.78, 5) is 6.25. The predicted molar refractivity (Wildman–Crippen MR) is 127 cm³/mol. The molecule has 0 N–H and O–H groups in total. The van der Waals surface area contributed by atoms with Crippen molar-refractivity contribution in [3.63, 3.8) is 0 Å². The first-order valence-electron chi connectivity index (χ1n) is 10.9. The summed E-state index contributed by atoms with van der Waals surface area (Å²) in [6, 6.07) is 14.4. The zero-order chi connectivity index (χ0) is 24.0. The van der Waals surface area contributed by atoms with E-state index in [0.29, 0.717) is 44.1 Å². The van der Waals surface area contributed by atoms with Gasteiger partial charge in [0.2, 0.25) is 24.0 Å². The van der Waals surface area contributed by atoms with E-state index >= 15 is 0 Å². The molecule has 180 valence electrons. The lowest BCUT2D eigenvalue weighted by molar-refractivity contribution is -0.169. The summed E-state index contributed by atoms with van der Waals surface area (Å²) in [5.41, 5.74) is 0.919. The molecule has 0 aliphatic carbocycles. The number of aryl methyl sites for hydroxylation is 1. The van der Waals surface area contributed by atoms with Crippen LogP contribution < -0.4 is 4.90 Å². The maximum absolute atomic E-state index is 13.6. The topological polar surface area (TPSA) is 103 Å². The summed E-state index contributed by atoms with van der Waals surface area (Å²) in [6.45, 7) is 3.86. The van der Waals surface area contributed by atoms with Crippen molar-refractivity contribution in [2.75, 3.05) is 31.2 Å². The number of rotatable bonds is 5. The van der Waals surface area contributed by atoms with Crippen LogP contribution in [-0.4, -0.2) is 53.9 Å². The van der Waals surface area contributed by atoms with E-state index in [-0.39, 0.29) is 19.2 Å². The van der Waals surface area contributed by atoms with Gasteiger partial charge in [0.15, 0.2) is 10.8 Å². The molecule has 11 heteroatoms. The van der Waals surface area contributed by atoms with Gasteiger partial charge in [-0.2, -0.15) is 0 Å². The number of benzene rings is 2. The fourth-order valence-corrected chi connectivity index (χ4v) is 8.63. The molecule has 3 heterocycles. The van der Waals surface area contributed by atoms with Crippen LogP contribution in [0.3, 0.4) is 0 Å². The average molecular weight is 521 g/mol. The van der Waals surface area contributed by atoms with E-state index in [0.717, 1.165) is 16.9 Å². The van der Waals surface area contributed by atoms with Gasteiger partial charge in [0.05, 0.1) is 23.0 Å². The van der Waals surface area contributed by atoms with Crippen molar-refractivity contribution < 1.29 is 26.3 Å². The van der Waals surface area contributed by atoms with Crippen LogP contribution in [0.15, 0.2) is 73.8 Å². The van der Waals surface area contributed by atoms with E-state index in [1.807, 2.05) is 11.8 Å². The molecule has 3 aromatic rings. The Kier molecular flexibility index (Phi) is 6.01. The highest BCUT2D eigenvalue weighted by Gasteiger charge is 2.42. The smallest absolute Gasteiger partial charge is 0.233 e. The first-order valence-corrected chi connectivity index (χ1v) is 14.7. The first-order chi connectivity index (χ1) is 16.2. The van der Waals surface area contributed by atoms with Crippen LogP contribution in [0, 0.1) is 6.92 Å². The highest BCUT2D eigenvalue weighted by molar-refractivity contribution is 7.94. The van der Waals surface area contributed by atoms with E-state index in [2.05, 4.69) is 4.98 Å². The van der Waals surface area contributed by atoms with Crippen LogP contribution in [0.4, 0.5) is 5.00 Å². The van der Waals surface area contributed by atoms with Crippen molar-refractivity contribution >= 4 is 36.0 Å². The zero-order valence-electron chi connectivity index (χ0n) is 18.5.